The van der Waals surface area contributed by atoms with E-state index < -0.39 is 5.79 Å². The molecule has 6 aromatic carbocycles. The molecule has 0 fully saturated rings. The Bertz CT molecular complexity index is 4260. The number of nitrogens with zero attached hydrogens (tertiary/aromatic N) is 10. The standard InChI is InChI=1S/C72H48N10/c1-5-21-51(22-6-1)67-68(52-23-7-2-8-24-52)81-72(80-67,58-39-37-50(38-40-58)57-47-65(61-31-15-19-43-75-61)78-66(48-57)62-32-16-20-44-76-62)82-70(54-27-11-4-12-28-54)69(53-25-9-3-10-26-53)79-71(82)55-35-33-49(34-36-55)56-45-63(59-29-13-17-41-73-59)77-64(46-56)60-30-14-18-42-74-60/h1-48H. The van der Waals surface area contributed by atoms with Crippen molar-refractivity contribution < 1.29 is 0 Å². The van der Waals surface area contributed by atoms with Crippen LogP contribution in [0.25, 0.3) is 102 Å². The predicted octanol–water partition coefficient (Wildman–Crippen LogP) is 15.9. The van der Waals surface area contributed by atoms with Crippen LogP contribution in [0.5, 0.6) is 0 Å². The molecule has 0 saturated heterocycles. The van der Waals surface area contributed by atoms with Crippen LogP contribution in [0.2, 0.25) is 0 Å². The fourth-order valence-electron chi connectivity index (χ4n) is 10.6. The maximum Gasteiger partial charge on any atom is 0.261 e. The zero-order valence-electron chi connectivity index (χ0n) is 44.2. The highest BCUT2D eigenvalue weighted by molar-refractivity contribution is 6.54. The third-order valence-electron chi connectivity index (χ3n) is 14.6. The largest absolute Gasteiger partial charge is 0.275 e. The third kappa shape index (κ3) is 9.46. The number of hydrogen-bond donors (Lipinski definition) is 0. The van der Waals surface area contributed by atoms with Gasteiger partial charge in [-0.3, -0.25) is 24.5 Å². The van der Waals surface area contributed by atoms with E-state index in [0.717, 1.165) is 124 Å². The highest BCUT2D eigenvalue weighted by Gasteiger charge is 2.45. The van der Waals surface area contributed by atoms with Gasteiger partial charge < -0.3 is 0 Å². The maximum atomic E-state index is 6.01. The molecule has 0 saturated carbocycles. The molecular formula is C72H48N10. The first-order valence-electron chi connectivity index (χ1n) is 27.1. The Morgan fingerprint density at radius 1 is 0.256 bits per heavy atom. The van der Waals surface area contributed by atoms with Crippen molar-refractivity contribution in [3.63, 3.8) is 0 Å². The molecule has 0 bridgehead atoms. The first-order chi connectivity index (χ1) is 40.6. The number of aromatic nitrogens is 8. The summed E-state index contributed by atoms with van der Waals surface area (Å²) >= 11 is 0. The predicted molar refractivity (Wildman–Crippen MR) is 327 cm³/mol. The van der Waals surface area contributed by atoms with Crippen molar-refractivity contribution in [3.05, 3.63) is 308 Å². The van der Waals surface area contributed by atoms with Crippen molar-refractivity contribution in [3.8, 4) is 102 Å². The zero-order chi connectivity index (χ0) is 54.7. The zero-order valence-corrected chi connectivity index (χ0v) is 44.2. The lowest BCUT2D eigenvalue weighted by molar-refractivity contribution is 0.409. The molecule has 0 amide bonds. The van der Waals surface area contributed by atoms with Gasteiger partial charge in [0.1, 0.15) is 5.82 Å². The number of rotatable bonds is 13. The number of benzene rings is 6. The summed E-state index contributed by atoms with van der Waals surface area (Å²) in [6.07, 6.45) is 7.17. The molecule has 0 atom stereocenters. The summed E-state index contributed by atoms with van der Waals surface area (Å²) in [4.78, 5) is 46.7. The minimum atomic E-state index is -1.47. The van der Waals surface area contributed by atoms with E-state index in [1.165, 1.54) is 0 Å². The second-order valence-corrected chi connectivity index (χ2v) is 19.8. The highest BCUT2D eigenvalue weighted by Crippen LogP contribution is 2.47. The Hall–Kier alpha value is -11.2. The number of aliphatic imine (C=N–C) groups is 2. The fraction of sp³-hybridized carbons (Fsp3) is 0.0139. The number of pyridine rings is 6. The van der Waals surface area contributed by atoms with Crippen LogP contribution in [0.15, 0.2) is 302 Å². The fourth-order valence-corrected chi connectivity index (χ4v) is 10.6. The molecule has 13 aromatic rings. The van der Waals surface area contributed by atoms with Crippen LogP contribution < -0.4 is 0 Å². The van der Waals surface area contributed by atoms with Crippen LogP contribution >= 0.6 is 0 Å². The van der Waals surface area contributed by atoms with E-state index >= 15 is 0 Å². The summed E-state index contributed by atoms with van der Waals surface area (Å²) < 4.78 is 2.27. The summed E-state index contributed by atoms with van der Waals surface area (Å²) in [7, 11) is 0. The van der Waals surface area contributed by atoms with E-state index in [2.05, 4.69) is 184 Å². The minimum Gasteiger partial charge on any atom is -0.275 e. The Kier molecular flexibility index (Phi) is 12.9. The molecule has 1 aliphatic rings. The quantitative estimate of drug-likeness (QED) is 0.113. The van der Waals surface area contributed by atoms with E-state index in [1.54, 1.807) is 24.8 Å². The summed E-state index contributed by atoms with van der Waals surface area (Å²) in [5.41, 5.74) is 18.6. The molecule has 0 radical (unpaired) electrons. The molecule has 0 aliphatic carbocycles. The van der Waals surface area contributed by atoms with Gasteiger partial charge in [-0.25, -0.2) is 24.9 Å². The Balaban J connectivity index is 1.01. The third-order valence-corrected chi connectivity index (χ3v) is 14.6. The number of hydrogen-bond acceptors (Lipinski definition) is 9. The monoisotopic (exact) mass is 1050 g/mol. The molecular weight excluding hydrogens is 1000 g/mol. The SMILES string of the molecule is c1ccc(C2=NC(c3ccc(-c4cc(-c5ccccn5)nc(-c5ccccn5)c4)cc3)(n3c(-c4ccc(-c5cc(-c6ccccn6)nc(-c6ccccn6)c5)cc4)nc(-c4ccccc4)c3-c3ccccc3)N=C2c2ccccc2)cc1. The molecule has 0 N–H and O–H groups in total. The van der Waals surface area contributed by atoms with Crippen LogP contribution in [0.4, 0.5) is 0 Å². The van der Waals surface area contributed by atoms with Gasteiger partial charge in [-0.1, -0.05) is 194 Å². The molecule has 10 nitrogen and oxygen atoms in total. The highest BCUT2D eigenvalue weighted by atomic mass is 15.4. The second-order valence-electron chi connectivity index (χ2n) is 19.8. The summed E-state index contributed by atoms with van der Waals surface area (Å²) in [5.74, 6) is -0.792. The van der Waals surface area contributed by atoms with Crippen LogP contribution in [0.3, 0.4) is 0 Å². The van der Waals surface area contributed by atoms with Crippen LogP contribution in [0, 0.1) is 0 Å². The van der Waals surface area contributed by atoms with Gasteiger partial charge in [0.25, 0.3) is 5.79 Å². The van der Waals surface area contributed by atoms with Gasteiger partial charge >= 0.3 is 0 Å². The lowest BCUT2D eigenvalue weighted by Gasteiger charge is -2.30. The van der Waals surface area contributed by atoms with Crippen molar-refractivity contribution >= 4 is 11.4 Å². The molecule has 7 aromatic heterocycles. The second kappa shape index (κ2) is 21.5. The van der Waals surface area contributed by atoms with Crippen molar-refractivity contribution in [1.29, 1.82) is 0 Å². The topological polar surface area (TPSA) is 120 Å². The Morgan fingerprint density at radius 2 is 0.598 bits per heavy atom. The molecule has 386 valence electrons. The molecule has 14 rings (SSSR count). The Labute approximate surface area is 474 Å². The Morgan fingerprint density at radius 3 is 0.976 bits per heavy atom. The normalized spacial score (nSPS) is 12.6. The van der Waals surface area contributed by atoms with Crippen LogP contribution in [0.1, 0.15) is 16.7 Å². The first kappa shape index (κ1) is 49.1. The van der Waals surface area contributed by atoms with Crippen LogP contribution in [-0.4, -0.2) is 50.9 Å². The van der Waals surface area contributed by atoms with E-state index in [0.29, 0.717) is 5.82 Å². The molecule has 10 heteroatoms. The van der Waals surface area contributed by atoms with Gasteiger partial charge in [0, 0.05) is 58.2 Å². The average Bonchev–Trinajstić information content (AvgIpc) is 2.79. The number of imidazole rings is 1. The smallest absolute Gasteiger partial charge is 0.261 e. The van der Waals surface area contributed by atoms with E-state index in [9.17, 15) is 0 Å². The molecule has 0 unspecified atom stereocenters. The molecule has 82 heavy (non-hydrogen) atoms. The average molecular weight is 1050 g/mol. The minimum absolute atomic E-state index is 0.676. The molecule has 8 heterocycles. The van der Waals surface area contributed by atoms with Gasteiger partial charge in [0.05, 0.1) is 68.4 Å². The van der Waals surface area contributed by atoms with Gasteiger partial charge in [-0.2, -0.15) is 0 Å². The molecule has 0 spiro atoms. The first-order valence-corrected chi connectivity index (χ1v) is 27.1. The molecule has 1 aliphatic heterocycles. The van der Waals surface area contributed by atoms with Crippen molar-refractivity contribution in [2.45, 2.75) is 5.79 Å². The van der Waals surface area contributed by atoms with Gasteiger partial charge in [0.2, 0.25) is 0 Å². The van der Waals surface area contributed by atoms with Gasteiger partial charge in [-0.05, 0) is 95.1 Å². The summed E-state index contributed by atoms with van der Waals surface area (Å²) in [5, 5.41) is 0. The van der Waals surface area contributed by atoms with E-state index in [4.69, 9.17) is 34.9 Å². The van der Waals surface area contributed by atoms with Gasteiger partial charge in [-0.15, -0.1) is 0 Å². The lowest BCUT2D eigenvalue weighted by atomic mass is 9.98. The summed E-state index contributed by atoms with van der Waals surface area (Å²) in [6, 6.07) is 90.7. The van der Waals surface area contributed by atoms with Gasteiger partial charge in [0.15, 0.2) is 0 Å². The van der Waals surface area contributed by atoms with E-state index in [1.807, 2.05) is 97.1 Å². The van der Waals surface area contributed by atoms with E-state index in [-0.39, 0.29) is 0 Å². The summed E-state index contributed by atoms with van der Waals surface area (Å²) in [6.45, 7) is 0. The maximum absolute atomic E-state index is 6.01. The van der Waals surface area contributed by atoms with Crippen molar-refractivity contribution in [1.82, 2.24) is 39.5 Å². The van der Waals surface area contributed by atoms with Crippen molar-refractivity contribution in [2.75, 3.05) is 0 Å². The lowest BCUT2D eigenvalue weighted by Crippen LogP contribution is -2.31. The van der Waals surface area contributed by atoms with Crippen LogP contribution in [-0.2, 0) is 5.79 Å². The van der Waals surface area contributed by atoms with Crippen molar-refractivity contribution in [2.24, 2.45) is 9.98 Å².